The van der Waals surface area contributed by atoms with Crippen LogP contribution in [0.5, 0.6) is 0 Å². The summed E-state index contributed by atoms with van der Waals surface area (Å²) < 4.78 is 7.72. The van der Waals surface area contributed by atoms with Crippen LogP contribution in [0.1, 0.15) is 25.1 Å². The van der Waals surface area contributed by atoms with Gasteiger partial charge in [0.25, 0.3) is 0 Å². The Morgan fingerprint density at radius 1 is 1.58 bits per heavy atom. The van der Waals surface area contributed by atoms with Gasteiger partial charge in [0.15, 0.2) is 5.96 Å². The van der Waals surface area contributed by atoms with Crippen LogP contribution in [0.25, 0.3) is 0 Å². The molecule has 0 spiro atoms. The number of hydrogen-bond acceptors (Lipinski definition) is 3. The molecule has 104 valence electrons. The van der Waals surface area contributed by atoms with Gasteiger partial charge in [-0.2, -0.15) is 0 Å². The van der Waals surface area contributed by atoms with Crippen LogP contribution in [0.4, 0.5) is 0 Å². The normalized spacial score (nSPS) is 27.3. The molecule has 2 aliphatic rings. The molecule has 1 aromatic heterocycles. The van der Waals surface area contributed by atoms with Crippen molar-refractivity contribution in [3.8, 4) is 0 Å². The van der Waals surface area contributed by atoms with Crippen LogP contribution in [0.15, 0.2) is 17.4 Å². The Hall–Kier alpha value is -1.56. The molecule has 0 bridgehead atoms. The highest BCUT2D eigenvalue weighted by atomic mass is 16.5. The highest BCUT2D eigenvalue weighted by molar-refractivity contribution is 5.78. The number of rotatable bonds is 3. The second-order valence-corrected chi connectivity index (χ2v) is 5.23. The Morgan fingerprint density at radius 2 is 2.53 bits per heavy atom. The van der Waals surface area contributed by atoms with Gasteiger partial charge in [0.2, 0.25) is 0 Å². The fourth-order valence-electron chi connectivity index (χ4n) is 2.72. The van der Waals surface area contributed by atoms with E-state index in [0.29, 0.717) is 18.5 Å². The molecule has 1 saturated heterocycles. The van der Waals surface area contributed by atoms with Crippen molar-refractivity contribution in [3.63, 3.8) is 0 Å². The third-order valence-corrected chi connectivity index (χ3v) is 3.79. The molecular formula is C13H21N5O. The number of aromatic nitrogens is 2. The molecule has 3 N–H and O–H groups in total. The maximum Gasteiger partial charge on any atom is 0.188 e. The fraction of sp³-hybridized carbons (Fsp3) is 0.692. The number of ether oxygens (including phenoxy) is 1. The number of aryl methyl sites for hydroxylation is 1. The van der Waals surface area contributed by atoms with E-state index in [-0.39, 0.29) is 6.10 Å². The molecule has 0 saturated carbocycles. The summed E-state index contributed by atoms with van der Waals surface area (Å²) in [6, 6.07) is 0.336. The lowest BCUT2D eigenvalue weighted by Gasteiger charge is -2.24. The first-order chi connectivity index (χ1) is 9.31. The predicted molar refractivity (Wildman–Crippen MR) is 72.9 cm³/mol. The van der Waals surface area contributed by atoms with Crippen LogP contribution < -0.4 is 11.1 Å². The van der Waals surface area contributed by atoms with Crippen molar-refractivity contribution in [1.82, 2.24) is 14.9 Å². The number of hydrogen-bond donors (Lipinski definition) is 2. The summed E-state index contributed by atoms with van der Waals surface area (Å²) >= 11 is 0. The molecule has 1 aromatic rings. The topological polar surface area (TPSA) is 77.5 Å². The number of nitrogens with two attached hydrogens (primary N) is 1. The van der Waals surface area contributed by atoms with Gasteiger partial charge >= 0.3 is 0 Å². The summed E-state index contributed by atoms with van der Waals surface area (Å²) in [6.45, 7) is 2.52. The molecule has 0 aliphatic carbocycles. The SMILES string of the molecule is NC(=NCC1CCCO1)NC1CCn2ccnc2C1. The highest BCUT2D eigenvalue weighted by Crippen LogP contribution is 2.13. The molecule has 2 aliphatic heterocycles. The van der Waals surface area contributed by atoms with Gasteiger partial charge in [0.1, 0.15) is 5.82 Å². The van der Waals surface area contributed by atoms with E-state index in [2.05, 4.69) is 19.9 Å². The lowest BCUT2D eigenvalue weighted by molar-refractivity contribution is 0.117. The average Bonchev–Trinajstić information content (AvgIpc) is 3.07. The second kappa shape index (κ2) is 5.61. The summed E-state index contributed by atoms with van der Waals surface area (Å²) in [5.41, 5.74) is 5.93. The molecule has 0 amide bonds. The molecule has 6 nitrogen and oxygen atoms in total. The average molecular weight is 263 g/mol. The molecule has 2 unspecified atom stereocenters. The zero-order valence-corrected chi connectivity index (χ0v) is 11.1. The zero-order chi connectivity index (χ0) is 13.1. The summed E-state index contributed by atoms with van der Waals surface area (Å²) in [6.07, 6.45) is 8.33. The van der Waals surface area contributed by atoms with Crippen LogP contribution in [-0.4, -0.2) is 40.8 Å². The molecule has 6 heteroatoms. The van der Waals surface area contributed by atoms with Crippen LogP contribution >= 0.6 is 0 Å². The summed E-state index contributed by atoms with van der Waals surface area (Å²) in [5, 5.41) is 3.29. The van der Waals surface area contributed by atoms with Gasteiger partial charge in [0.05, 0.1) is 12.6 Å². The monoisotopic (exact) mass is 263 g/mol. The maximum atomic E-state index is 5.93. The van der Waals surface area contributed by atoms with E-state index < -0.39 is 0 Å². The first-order valence-electron chi connectivity index (χ1n) is 6.99. The van der Waals surface area contributed by atoms with Gasteiger partial charge in [-0.1, -0.05) is 0 Å². The van der Waals surface area contributed by atoms with E-state index in [4.69, 9.17) is 10.5 Å². The summed E-state index contributed by atoms with van der Waals surface area (Å²) in [7, 11) is 0. The Labute approximate surface area is 113 Å². The number of aliphatic imine (C=N–C) groups is 1. The number of fused-ring (bicyclic) bond motifs is 1. The number of nitrogens with one attached hydrogen (secondary N) is 1. The molecule has 0 aromatic carbocycles. The van der Waals surface area contributed by atoms with E-state index in [0.717, 1.165) is 44.7 Å². The molecular weight excluding hydrogens is 242 g/mol. The lowest BCUT2D eigenvalue weighted by Crippen LogP contribution is -2.44. The Bertz CT molecular complexity index is 450. The van der Waals surface area contributed by atoms with Crippen molar-refractivity contribution in [2.24, 2.45) is 10.7 Å². The van der Waals surface area contributed by atoms with Gasteiger partial charge in [-0.05, 0) is 19.3 Å². The first-order valence-corrected chi connectivity index (χ1v) is 6.99. The van der Waals surface area contributed by atoms with Crippen LogP contribution in [0.3, 0.4) is 0 Å². The summed E-state index contributed by atoms with van der Waals surface area (Å²) in [5.74, 6) is 1.65. The first kappa shape index (κ1) is 12.5. The van der Waals surface area contributed by atoms with Crippen molar-refractivity contribution in [2.45, 2.75) is 44.4 Å². The molecule has 1 fully saturated rings. The quantitative estimate of drug-likeness (QED) is 0.606. The third-order valence-electron chi connectivity index (χ3n) is 3.79. The molecule has 3 heterocycles. The van der Waals surface area contributed by atoms with Gasteiger partial charge in [-0.3, -0.25) is 4.99 Å². The van der Waals surface area contributed by atoms with E-state index in [1.54, 1.807) is 0 Å². The highest BCUT2D eigenvalue weighted by Gasteiger charge is 2.19. The van der Waals surface area contributed by atoms with Gasteiger partial charge in [-0.25, -0.2) is 4.98 Å². The van der Waals surface area contributed by atoms with Crippen molar-refractivity contribution < 1.29 is 4.74 Å². The van der Waals surface area contributed by atoms with Crippen LogP contribution in [0.2, 0.25) is 0 Å². The van der Waals surface area contributed by atoms with E-state index in [1.807, 2.05) is 12.4 Å². The Balaban J connectivity index is 1.49. The molecule has 2 atom stereocenters. The van der Waals surface area contributed by atoms with Crippen LogP contribution in [-0.2, 0) is 17.7 Å². The van der Waals surface area contributed by atoms with Crippen LogP contribution in [0, 0.1) is 0 Å². The van der Waals surface area contributed by atoms with Gasteiger partial charge in [0, 0.05) is 38.0 Å². The number of guanidine groups is 1. The van der Waals surface area contributed by atoms with Crippen molar-refractivity contribution >= 4 is 5.96 Å². The maximum absolute atomic E-state index is 5.93. The molecule has 19 heavy (non-hydrogen) atoms. The summed E-state index contributed by atoms with van der Waals surface area (Å²) in [4.78, 5) is 8.72. The predicted octanol–water partition coefficient (Wildman–Crippen LogP) is 0.281. The number of nitrogens with zero attached hydrogens (tertiary/aromatic N) is 3. The second-order valence-electron chi connectivity index (χ2n) is 5.23. The van der Waals surface area contributed by atoms with E-state index in [1.165, 1.54) is 0 Å². The number of imidazole rings is 1. The van der Waals surface area contributed by atoms with Crippen molar-refractivity contribution in [1.29, 1.82) is 0 Å². The lowest BCUT2D eigenvalue weighted by atomic mass is 10.1. The Kier molecular flexibility index (Phi) is 3.68. The van der Waals surface area contributed by atoms with Gasteiger partial charge < -0.3 is 20.4 Å². The third kappa shape index (κ3) is 3.07. The molecule has 3 rings (SSSR count). The minimum absolute atomic E-state index is 0.255. The minimum atomic E-state index is 0.255. The van der Waals surface area contributed by atoms with Crippen molar-refractivity contribution in [3.05, 3.63) is 18.2 Å². The standard InChI is InChI=1S/C13H21N5O/c14-13(16-9-11-2-1-7-19-11)17-10-3-5-18-6-4-15-12(18)8-10/h4,6,10-11H,1-3,5,7-9H2,(H3,14,16,17). The van der Waals surface area contributed by atoms with E-state index in [9.17, 15) is 0 Å². The van der Waals surface area contributed by atoms with Crippen molar-refractivity contribution in [2.75, 3.05) is 13.2 Å². The smallest absolute Gasteiger partial charge is 0.188 e. The molecule has 0 radical (unpaired) electrons. The zero-order valence-electron chi connectivity index (χ0n) is 11.1. The van der Waals surface area contributed by atoms with E-state index >= 15 is 0 Å². The largest absolute Gasteiger partial charge is 0.376 e. The Morgan fingerprint density at radius 3 is 3.37 bits per heavy atom. The van der Waals surface area contributed by atoms with Gasteiger partial charge in [-0.15, -0.1) is 0 Å². The minimum Gasteiger partial charge on any atom is -0.376 e. The fourth-order valence-corrected chi connectivity index (χ4v) is 2.72.